The van der Waals surface area contributed by atoms with Crippen molar-refractivity contribution < 1.29 is 14.6 Å². The molecule has 1 unspecified atom stereocenters. The molecule has 1 saturated heterocycles. The first kappa shape index (κ1) is 18.9. The molecule has 154 valence electrons. The second-order valence-electron chi connectivity index (χ2n) is 7.35. The van der Waals surface area contributed by atoms with Gasteiger partial charge in [-0.3, -0.25) is 9.69 Å². The van der Waals surface area contributed by atoms with Gasteiger partial charge in [0.15, 0.2) is 11.5 Å². The van der Waals surface area contributed by atoms with E-state index in [2.05, 4.69) is 15.2 Å². The van der Waals surface area contributed by atoms with Gasteiger partial charge in [0, 0.05) is 0 Å². The monoisotopic (exact) mass is 412 g/mol. The summed E-state index contributed by atoms with van der Waals surface area (Å²) in [5.74, 6) is 0.0300. The highest BCUT2D eigenvalue weighted by atomic mass is 16.5. The summed E-state index contributed by atoms with van der Waals surface area (Å²) >= 11 is 0. The van der Waals surface area contributed by atoms with E-state index in [1.54, 1.807) is 23.1 Å². The summed E-state index contributed by atoms with van der Waals surface area (Å²) in [5.41, 5.74) is 1.76. The highest BCUT2D eigenvalue weighted by Gasteiger charge is 2.64. The molecule has 0 radical (unpaired) electrons. The van der Waals surface area contributed by atoms with Crippen molar-refractivity contribution in [1.82, 2.24) is 15.2 Å². The Bertz CT molecular complexity index is 1170. The smallest absolute Gasteiger partial charge is 0.241 e. The molecule has 0 saturated carbocycles. The number of ether oxygens (including phenoxy) is 1. The molecule has 1 aliphatic rings. The van der Waals surface area contributed by atoms with Crippen LogP contribution in [-0.4, -0.2) is 33.3 Å². The van der Waals surface area contributed by atoms with Crippen LogP contribution in [0.3, 0.4) is 0 Å². The zero-order chi connectivity index (χ0) is 21.4. The van der Waals surface area contributed by atoms with Gasteiger partial charge in [-0.2, -0.15) is 10.1 Å². The molecule has 2 N–H and O–H groups in total. The fourth-order valence-corrected chi connectivity index (χ4v) is 4.52. The average Bonchev–Trinajstić information content (AvgIpc) is 3.33. The average molecular weight is 412 g/mol. The molecular weight excluding hydrogens is 392 g/mol. The molecule has 1 amide bonds. The lowest BCUT2D eigenvalue weighted by Crippen LogP contribution is -2.68. The molecule has 1 aliphatic heterocycles. The number of rotatable bonds is 5. The Morgan fingerprint density at radius 3 is 2.19 bits per heavy atom. The molecule has 2 heterocycles. The topological polar surface area (TPSA) is 91.3 Å². The predicted octanol–water partition coefficient (Wildman–Crippen LogP) is 3.59. The fourth-order valence-electron chi connectivity index (χ4n) is 4.52. The molecule has 7 heteroatoms. The third-order valence-corrected chi connectivity index (χ3v) is 5.82. The molecule has 0 bridgehead atoms. The molecule has 3 aromatic carbocycles. The first-order valence-electron chi connectivity index (χ1n) is 9.85. The molecular formula is C24H20N4O3. The molecule has 1 aromatic heterocycles. The van der Waals surface area contributed by atoms with Crippen molar-refractivity contribution in [1.29, 1.82) is 0 Å². The number of amides is 1. The Labute approximate surface area is 179 Å². The van der Waals surface area contributed by atoms with Gasteiger partial charge in [-0.05, 0) is 28.8 Å². The number of hydrogen-bond donors (Lipinski definition) is 2. The van der Waals surface area contributed by atoms with Crippen molar-refractivity contribution in [3.05, 3.63) is 102 Å². The van der Waals surface area contributed by atoms with Crippen molar-refractivity contribution in [2.24, 2.45) is 0 Å². The molecule has 0 aliphatic carbocycles. The van der Waals surface area contributed by atoms with E-state index in [-0.39, 0.29) is 11.7 Å². The maximum atomic E-state index is 13.6. The SMILES string of the molecule is COc1cc(C2C(=O)N(c3ncn[nH]3)C2(c2ccccc2)c2ccccc2)ccc1O. The number of nitrogens with zero attached hydrogens (tertiary/aromatic N) is 3. The zero-order valence-electron chi connectivity index (χ0n) is 16.8. The minimum absolute atomic E-state index is 0.0233. The minimum atomic E-state index is -0.860. The van der Waals surface area contributed by atoms with Gasteiger partial charge in [0.05, 0.1) is 13.0 Å². The third kappa shape index (κ3) is 2.70. The van der Waals surface area contributed by atoms with Gasteiger partial charge >= 0.3 is 0 Å². The summed E-state index contributed by atoms with van der Waals surface area (Å²) in [4.78, 5) is 19.6. The van der Waals surface area contributed by atoms with Crippen LogP contribution >= 0.6 is 0 Å². The number of benzene rings is 3. The largest absolute Gasteiger partial charge is 0.504 e. The van der Waals surface area contributed by atoms with E-state index in [9.17, 15) is 9.90 Å². The Morgan fingerprint density at radius 1 is 1.00 bits per heavy atom. The molecule has 5 rings (SSSR count). The Balaban J connectivity index is 1.80. The number of β-lactam (4-membered cyclic amide) rings is 1. The second kappa shape index (κ2) is 7.28. The van der Waals surface area contributed by atoms with E-state index in [0.29, 0.717) is 11.7 Å². The van der Waals surface area contributed by atoms with Crippen molar-refractivity contribution >= 4 is 11.9 Å². The van der Waals surface area contributed by atoms with E-state index in [1.165, 1.54) is 13.4 Å². The van der Waals surface area contributed by atoms with Crippen LogP contribution in [0.15, 0.2) is 85.2 Å². The van der Waals surface area contributed by atoms with Crippen LogP contribution in [-0.2, 0) is 10.3 Å². The van der Waals surface area contributed by atoms with Crippen LogP contribution in [0.4, 0.5) is 5.95 Å². The van der Waals surface area contributed by atoms with Crippen molar-refractivity contribution in [3.8, 4) is 11.5 Å². The van der Waals surface area contributed by atoms with Gasteiger partial charge in [0.25, 0.3) is 0 Å². The molecule has 31 heavy (non-hydrogen) atoms. The van der Waals surface area contributed by atoms with E-state index < -0.39 is 11.5 Å². The van der Waals surface area contributed by atoms with Crippen LogP contribution in [0.25, 0.3) is 0 Å². The number of carbonyl (C=O) groups is 1. The highest BCUT2D eigenvalue weighted by Crippen LogP contribution is 2.57. The third-order valence-electron chi connectivity index (χ3n) is 5.82. The quantitative estimate of drug-likeness (QED) is 0.489. The molecule has 7 nitrogen and oxygen atoms in total. The zero-order valence-corrected chi connectivity index (χ0v) is 16.8. The standard InChI is InChI=1S/C24H20N4O3/c1-31-20-14-16(12-13-19(20)29)21-22(30)28(23-25-15-26-27-23)24(21,17-8-4-2-5-9-17)18-10-6-3-7-11-18/h2-15,21,29H,1H3,(H,25,26,27). The Kier molecular flexibility index (Phi) is 4.43. The van der Waals surface area contributed by atoms with Crippen LogP contribution in [0.2, 0.25) is 0 Å². The highest BCUT2D eigenvalue weighted by molar-refractivity contribution is 6.09. The summed E-state index contributed by atoms with van der Waals surface area (Å²) < 4.78 is 5.31. The summed E-state index contributed by atoms with van der Waals surface area (Å²) in [6.07, 6.45) is 1.39. The van der Waals surface area contributed by atoms with E-state index >= 15 is 0 Å². The van der Waals surface area contributed by atoms with E-state index in [4.69, 9.17) is 4.74 Å². The Hall–Kier alpha value is -4.13. The van der Waals surface area contributed by atoms with Gasteiger partial charge in [0.1, 0.15) is 11.9 Å². The first-order valence-corrected chi connectivity index (χ1v) is 9.85. The number of hydrogen-bond acceptors (Lipinski definition) is 5. The number of aromatic amines is 1. The lowest BCUT2D eigenvalue weighted by Gasteiger charge is -2.57. The minimum Gasteiger partial charge on any atom is -0.504 e. The predicted molar refractivity (Wildman–Crippen MR) is 115 cm³/mol. The second-order valence-corrected chi connectivity index (χ2v) is 7.35. The molecule has 1 fully saturated rings. The lowest BCUT2D eigenvalue weighted by atomic mass is 9.62. The molecule has 0 spiro atoms. The summed E-state index contributed by atoms with van der Waals surface area (Å²) in [7, 11) is 1.49. The van der Waals surface area contributed by atoms with Crippen LogP contribution in [0, 0.1) is 0 Å². The number of carbonyl (C=O) groups excluding carboxylic acids is 1. The van der Waals surface area contributed by atoms with Crippen LogP contribution in [0.5, 0.6) is 11.5 Å². The Morgan fingerprint density at radius 2 is 1.65 bits per heavy atom. The van der Waals surface area contributed by atoms with Crippen molar-refractivity contribution in [2.45, 2.75) is 11.5 Å². The maximum Gasteiger partial charge on any atom is 0.241 e. The summed E-state index contributed by atoms with van der Waals surface area (Å²) in [6, 6.07) is 24.8. The number of nitrogens with one attached hydrogen (secondary N) is 1. The number of aromatic nitrogens is 3. The van der Waals surface area contributed by atoms with E-state index in [0.717, 1.165) is 16.7 Å². The fraction of sp³-hybridized carbons (Fsp3) is 0.125. The van der Waals surface area contributed by atoms with Gasteiger partial charge in [0.2, 0.25) is 11.9 Å². The number of phenols is 1. The number of aromatic hydroxyl groups is 1. The summed E-state index contributed by atoms with van der Waals surface area (Å²) in [5, 5.41) is 16.9. The maximum absolute atomic E-state index is 13.6. The van der Waals surface area contributed by atoms with Crippen LogP contribution in [0.1, 0.15) is 22.6 Å². The van der Waals surface area contributed by atoms with Gasteiger partial charge in [-0.1, -0.05) is 66.7 Å². The van der Waals surface area contributed by atoms with E-state index in [1.807, 2.05) is 60.7 Å². The number of methoxy groups -OCH3 is 1. The summed E-state index contributed by atoms with van der Waals surface area (Å²) in [6.45, 7) is 0. The molecule has 4 aromatic rings. The van der Waals surface area contributed by atoms with Crippen LogP contribution < -0.4 is 9.64 Å². The van der Waals surface area contributed by atoms with Gasteiger partial charge in [-0.25, -0.2) is 5.10 Å². The molecule has 1 atom stereocenters. The van der Waals surface area contributed by atoms with Gasteiger partial charge in [-0.15, -0.1) is 0 Å². The van der Waals surface area contributed by atoms with Crippen molar-refractivity contribution in [3.63, 3.8) is 0 Å². The van der Waals surface area contributed by atoms with Gasteiger partial charge < -0.3 is 9.84 Å². The first-order chi connectivity index (χ1) is 15.2. The lowest BCUT2D eigenvalue weighted by molar-refractivity contribution is -0.129. The van der Waals surface area contributed by atoms with Crippen molar-refractivity contribution in [2.75, 3.05) is 12.0 Å². The number of anilines is 1. The normalized spacial score (nSPS) is 17.3. The number of phenolic OH excluding ortho intramolecular Hbond substituents is 1. The number of H-pyrrole nitrogens is 1.